The van der Waals surface area contributed by atoms with Gasteiger partial charge in [-0.3, -0.25) is 0 Å². The first-order valence-electron chi connectivity index (χ1n) is 8.48. The van der Waals surface area contributed by atoms with Gasteiger partial charge in [-0.05, 0) is 22.4 Å². The molecule has 0 heterocycles. The second-order valence-electron chi connectivity index (χ2n) is 6.10. The van der Waals surface area contributed by atoms with Gasteiger partial charge in [0.2, 0.25) is 0 Å². The monoisotopic (exact) mass is 342 g/mol. The Bertz CT molecular complexity index is 1020. The molecule has 3 nitrogen and oxygen atoms in total. The van der Waals surface area contributed by atoms with Crippen molar-refractivity contribution >= 4 is 27.5 Å². The Labute approximate surface area is 151 Å². The van der Waals surface area contributed by atoms with Crippen LogP contribution in [0.5, 0.6) is 5.75 Å². The highest BCUT2D eigenvalue weighted by Crippen LogP contribution is 2.35. The van der Waals surface area contributed by atoms with Gasteiger partial charge in [-0.25, -0.2) is 4.79 Å². The molecular formula is C23H18O3. The first kappa shape index (κ1) is 16.3. The third-order valence-electron chi connectivity index (χ3n) is 4.48. The van der Waals surface area contributed by atoms with Crippen molar-refractivity contribution in [1.82, 2.24) is 0 Å². The highest BCUT2D eigenvalue weighted by Gasteiger charge is 2.23. The Morgan fingerprint density at radius 2 is 1.31 bits per heavy atom. The molecule has 0 aromatic heterocycles. The van der Waals surface area contributed by atoms with Crippen LogP contribution in [0.4, 0.5) is 0 Å². The fourth-order valence-electron chi connectivity index (χ4n) is 3.23. The summed E-state index contributed by atoms with van der Waals surface area (Å²) >= 11 is 0. The second-order valence-corrected chi connectivity index (χ2v) is 6.10. The zero-order chi connectivity index (χ0) is 17.9. The SMILES string of the molecule is CO[C@@H](C(=O)Oc1c2ccccc2cc2ccccc12)c1ccccc1. The highest BCUT2D eigenvalue weighted by molar-refractivity contribution is 6.06. The molecule has 0 bridgehead atoms. The number of esters is 1. The van der Waals surface area contributed by atoms with E-state index in [0.717, 1.165) is 27.1 Å². The molecule has 0 saturated carbocycles. The van der Waals surface area contributed by atoms with Crippen LogP contribution in [0.1, 0.15) is 11.7 Å². The van der Waals surface area contributed by atoms with Gasteiger partial charge in [0.05, 0.1) is 0 Å². The minimum Gasteiger partial charge on any atom is -0.423 e. The summed E-state index contributed by atoms with van der Waals surface area (Å²) in [4.78, 5) is 12.9. The molecule has 3 heteroatoms. The Hall–Kier alpha value is -3.17. The standard InChI is InChI=1S/C23H18O3/c1-25-21(16-9-3-2-4-10-16)23(24)26-22-19-13-7-5-11-17(19)15-18-12-6-8-14-20(18)22/h2-15,21H,1H3/t21-/m1/s1. The summed E-state index contributed by atoms with van der Waals surface area (Å²) in [5, 5.41) is 3.87. The quantitative estimate of drug-likeness (QED) is 0.287. The molecule has 1 atom stereocenters. The number of carbonyl (C=O) groups excluding carboxylic acids is 1. The number of hydrogen-bond acceptors (Lipinski definition) is 3. The number of methoxy groups -OCH3 is 1. The van der Waals surface area contributed by atoms with Gasteiger partial charge >= 0.3 is 5.97 Å². The van der Waals surface area contributed by atoms with Gasteiger partial charge in [-0.1, -0.05) is 78.9 Å². The van der Waals surface area contributed by atoms with Crippen molar-refractivity contribution in [2.45, 2.75) is 6.10 Å². The molecule has 4 rings (SSSR count). The van der Waals surface area contributed by atoms with Crippen LogP contribution in [-0.2, 0) is 9.53 Å². The number of fused-ring (bicyclic) bond motifs is 2. The third-order valence-corrected chi connectivity index (χ3v) is 4.48. The zero-order valence-electron chi connectivity index (χ0n) is 14.4. The Balaban J connectivity index is 1.81. The maximum atomic E-state index is 12.9. The summed E-state index contributed by atoms with van der Waals surface area (Å²) in [6.07, 6.45) is -0.770. The molecule has 0 saturated heterocycles. The molecule has 4 aromatic carbocycles. The molecule has 0 amide bonds. The molecule has 0 aliphatic rings. The highest BCUT2D eigenvalue weighted by atomic mass is 16.6. The summed E-state index contributed by atoms with van der Waals surface area (Å²) in [5.74, 6) is 0.141. The maximum absolute atomic E-state index is 12.9. The van der Waals surface area contributed by atoms with Gasteiger partial charge in [0.15, 0.2) is 6.10 Å². The van der Waals surface area contributed by atoms with E-state index >= 15 is 0 Å². The van der Waals surface area contributed by atoms with Gasteiger partial charge < -0.3 is 9.47 Å². The lowest BCUT2D eigenvalue weighted by Gasteiger charge is -2.17. The van der Waals surface area contributed by atoms with Crippen LogP contribution in [0.25, 0.3) is 21.5 Å². The summed E-state index contributed by atoms with van der Waals surface area (Å²) in [5.41, 5.74) is 0.768. The molecule has 0 radical (unpaired) electrons. The van der Waals surface area contributed by atoms with Crippen molar-refractivity contribution in [2.24, 2.45) is 0 Å². The molecule has 0 aliphatic heterocycles. The summed E-state index contributed by atoms with van der Waals surface area (Å²) in [6, 6.07) is 27.3. The normalized spacial score (nSPS) is 12.2. The van der Waals surface area contributed by atoms with Gasteiger partial charge in [-0.15, -0.1) is 0 Å². The lowest BCUT2D eigenvalue weighted by molar-refractivity contribution is -0.145. The minimum absolute atomic E-state index is 0.430. The molecular weight excluding hydrogens is 324 g/mol. The molecule has 128 valence electrons. The number of rotatable bonds is 4. The number of hydrogen-bond donors (Lipinski definition) is 0. The molecule has 0 unspecified atom stereocenters. The minimum atomic E-state index is -0.770. The van der Waals surface area contributed by atoms with Gasteiger partial charge in [0.1, 0.15) is 5.75 Å². The Kier molecular flexibility index (Phi) is 4.38. The van der Waals surface area contributed by atoms with E-state index in [9.17, 15) is 4.79 Å². The van der Waals surface area contributed by atoms with Crippen LogP contribution >= 0.6 is 0 Å². The predicted octanol–water partition coefficient (Wildman–Crippen LogP) is 5.29. The summed E-state index contributed by atoms with van der Waals surface area (Å²) < 4.78 is 11.3. The van der Waals surface area contributed by atoms with Gasteiger partial charge in [0, 0.05) is 17.9 Å². The van der Waals surface area contributed by atoms with E-state index in [1.54, 1.807) is 0 Å². The second kappa shape index (κ2) is 6.98. The molecule has 0 spiro atoms. The largest absolute Gasteiger partial charge is 0.423 e. The van der Waals surface area contributed by atoms with E-state index in [2.05, 4.69) is 6.07 Å². The lowest BCUT2D eigenvalue weighted by Crippen LogP contribution is -2.20. The van der Waals surface area contributed by atoms with E-state index in [0.29, 0.717) is 5.75 Å². The fourth-order valence-corrected chi connectivity index (χ4v) is 3.23. The zero-order valence-corrected chi connectivity index (χ0v) is 14.4. The van der Waals surface area contributed by atoms with Crippen LogP contribution in [0.2, 0.25) is 0 Å². The number of ether oxygens (including phenoxy) is 2. The summed E-state index contributed by atoms with van der Waals surface area (Å²) in [7, 11) is 1.51. The van der Waals surface area contributed by atoms with E-state index in [1.807, 2.05) is 78.9 Å². The maximum Gasteiger partial charge on any atom is 0.345 e. The van der Waals surface area contributed by atoms with Crippen molar-refractivity contribution in [2.75, 3.05) is 7.11 Å². The molecule has 0 fully saturated rings. The third kappa shape index (κ3) is 2.93. The summed E-state index contributed by atoms with van der Waals surface area (Å²) in [6.45, 7) is 0. The first-order valence-corrected chi connectivity index (χ1v) is 8.48. The average molecular weight is 342 g/mol. The lowest BCUT2D eigenvalue weighted by atomic mass is 10.0. The number of carbonyl (C=O) groups is 1. The van der Waals surface area contributed by atoms with Crippen LogP contribution < -0.4 is 4.74 Å². The van der Waals surface area contributed by atoms with E-state index in [1.165, 1.54) is 7.11 Å². The van der Waals surface area contributed by atoms with E-state index in [4.69, 9.17) is 9.47 Å². The molecule has 0 N–H and O–H groups in total. The Morgan fingerprint density at radius 3 is 1.88 bits per heavy atom. The van der Waals surface area contributed by atoms with E-state index in [-0.39, 0.29) is 0 Å². The van der Waals surface area contributed by atoms with Crippen LogP contribution in [0.3, 0.4) is 0 Å². The van der Waals surface area contributed by atoms with Crippen LogP contribution in [0, 0.1) is 0 Å². The average Bonchev–Trinajstić information content (AvgIpc) is 2.69. The van der Waals surface area contributed by atoms with Crippen molar-refractivity contribution < 1.29 is 14.3 Å². The van der Waals surface area contributed by atoms with Crippen molar-refractivity contribution in [3.8, 4) is 5.75 Å². The molecule has 0 aliphatic carbocycles. The fraction of sp³-hybridized carbons (Fsp3) is 0.0870. The Morgan fingerprint density at radius 1 is 0.769 bits per heavy atom. The van der Waals surface area contributed by atoms with Crippen LogP contribution in [0.15, 0.2) is 84.9 Å². The first-order chi connectivity index (χ1) is 12.8. The van der Waals surface area contributed by atoms with E-state index < -0.39 is 12.1 Å². The molecule has 4 aromatic rings. The van der Waals surface area contributed by atoms with Crippen molar-refractivity contribution in [1.29, 1.82) is 0 Å². The number of benzene rings is 4. The van der Waals surface area contributed by atoms with Crippen LogP contribution in [-0.4, -0.2) is 13.1 Å². The molecule has 26 heavy (non-hydrogen) atoms. The topological polar surface area (TPSA) is 35.5 Å². The smallest absolute Gasteiger partial charge is 0.345 e. The van der Waals surface area contributed by atoms with Gasteiger partial charge in [-0.2, -0.15) is 0 Å². The van der Waals surface area contributed by atoms with Crippen molar-refractivity contribution in [3.05, 3.63) is 90.5 Å². The van der Waals surface area contributed by atoms with Gasteiger partial charge in [0.25, 0.3) is 0 Å². The van der Waals surface area contributed by atoms with Crippen molar-refractivity contribution in [3.63, 3.8) is 0 Å². The predicted molar refractivity (Wildman–Crippen MR) is 103 cm³/mol.